The Bertz CT molecular complexity index is 1170. The fraction of sp³-hybridized carbons (Fsp3) is 1.00. The summed E-state index contributed by atoms with van der Waals surface area (Å²) in [6.45, 7) is 21.0. The van der Waals surface area contributed by atoms with Crippen molar-refractivity contribution in [3.63, 3.8) is 0 Å². The first kappa shape index (κ1) is 80.1. The summed E-state index contributed by atoms with van der Waals surface area (Å²) in [5, 5.41) is 35.3. The van der Waals surface area contributed by atoms with Crippen LogP contribution in [0.2, 0.25) is 0 Å². The van der Waals surface area contributed by atoms with E-state index in [4.69, 9.17) is 124 Å². The van der Waals surface area contributed by atoms with E-state index in [9.17, 15) is 0 Å². The van der Waals surface area contributed by atoms with E-state index < -0.39 is 62.9 Å². The van der Waals surface area contributed by atoms with Crippen LogP contribution in [0.5, 0.6) is 0 Å². The first-order chi connectivity index (χ1) is 38.7. The molecule has 0 rings (SSSR count). The van der Waals surface area contributed by atoms with Crippen LogP contribution in [0.1, 0.15) is 34.6 Å². The molecule has 0 aliphatic rings. The second-order valence-electron chi connectivity index (χ2n) is 16.5. The fourth-order valence-electron chi connectivity index (χ4n) is 5.36. The molecule has 0 amide bonds. The fourth-order valence-corrected chi connectivity index (χ4v) is 14.9. The van der Waals surface area contributed by atoms with Crippen molar-refractivity contribution in [2.24, 2.45) is 5.92 Å². The smallest absolute Gasteiger partial charge is 0.394 e. The molecule has 0 saturated carbocycles. The quantitative estimate of drug-likeness (QED) is 0.0307. The summed E-state index contributed by atoms with van der Waals surface area (Å²) in [7, 11) is 0. The molecule has 79 heavy (non-hydrogen) atoms. The molecule has 0 bridgehead atoms. The van der Waals surface area contributed by atoms with Crippen LogP contribution in [0.3, 0.4) is 0 Å². The van der Waals surface area contributed by atoms with Gasteiger partial charge in [0, 0.05) is 0 Å². The van der Waals surface area contributed by atoms with E-state index in [-0.39, 0.29) is 116 Å². The van der Waals surface area contributed by atoms with Crippen molar-refractivity contribution >= 4 is 62.9 Å². The summed E-state index contributed by atoms with van der Waals surface area (Å²) in [6, 6.07) is 0. The van der Waals surface area contributed by atoms with Gasteiger partial charge in [0.25, 0.3) is 0 Å². The van der Waals surface area contributed by atoms with Crippen LogP contribution in [0, 0.1) is 5.92 Å². The maximum absolute atomic E-state index is 8.85. The summed E-state index contributed by atoms with van der Waals surface area (Å²) in [5.41, 5.74) is 0. The number of hydrogen-bond donors (Lipinski definition) is 4. The third kappa shape index (κ3) is 63.4. The van der Waals surface area contributed by atoms with Gasteiger partial charge in [0.2, 0.25) is 0 Å². The second-order valence-corrected chi connectivity index (χ2v) is 28.3. The van der Waals surface area contributed by atoms with Gasteiger partial charge in [-0.15, -0.1) is 0 Å². The van der Waals surface area contributed by atoms with E-state index in [1.807, 2.05) is 34.6 Å². The predicted octanol–water partition coefficient (Wildman–Crippen LogP) is -1.46. The Kier molecular flexibility index (Phi) is 67.5. The minimum Gasteiger partial charge on any atom is -0.394 e. The molecule has 5 unspecified atom stereocenters. The van der Waals surface area contributed by atoms with Gasteiger partial charge in [0.05, 0.1) is 0 Å². The standard InChI is InChI=1S/C47H98Ge4O28/c1-43(36-61-10-6-52)37-67-42-66-25-35-77-51(79-49-73-31-21-58-17-27-69-45(3)39-63-12-8-54)74-32-22-56-14-15-65-41-47(5)71-29-19-60-24-34-76-50(75-33-23-59-18-28-70-46(4)40-64-13-9-55)78-48-72-30-20-57-16-26-68-44(2)38-62-11-7-53/h43-47,52-55H,6-42H2,1-5H3. The Morgan fingerprint density at radius 2 is 0.544 bits per heavy atom. The first-order valence-electron chi connectivity index (χ1n) is 26.9. The molecule has 32 heteroatoms. The molecule has 0 fully saturated rings. The minimum atomic E-state index is -2.87. The molecule has 0 aromatic heterocycles. The van der Waals surface area contributed by atoms with Gasteiger partial charge >= 0.3 is 476 Å². The Labute approximate surface area is 494 Å². The monoisotopic (exact) mass is 1410 g/mol. The van der Waals surface area contributed by atoms with Crippen LogP contribution in [-0.4, -0.2) is 352 Å². The third-order valence-corrected chi connectivity index (χ3v) is 20.6. The van der Waals surface area contributed by atoms with Crippen LogP contribution >= 0.6 is 0 Å². The van der Waals surface area contributed by atoms with Crippen molar-refractivity contribution in [3.05, 3.63) is 0 Å². The molecular weight excluding hydrogens is 1300 g/mol. The normalized spacial score (nSPS) is 14.0. The van der Waals surface area contributed by atoms with E-state index in [0.717, 1.165) is 0 Å². The average molecular weight is 1400 g/mol. The predicted molar refractivity (Wildman–Crippen MR) is 285 cm³/mol. The van der Waals surface area contributed by atoms with E-state index in [0.29, 0.717) is 159 Å². The van der Waals surface area contributed by atoms with Gasteiger partial charge in [-0.2, -0.15) is 0 Å². The molecule has 0 aliphatic heterocycles. The molecule has 0 saturated heterocycles. The molecule has 470 valence electrons. The molecule has 0 aliphatic carbocycles. The van der Waals surface area contributed by atoms with Gasteiger partial charge in [-0.25, -0.2) is 0 Å². The number of aliphatic hydroxyl groups excluding tert-OH is 4. The molecule has 4 N–H and O–H groups in total. The molecular formula is C47H98Ge4O28. The topological polar surface area (TPSA) is 302 Å². The van der Waals surface area contributed by atoms with Crippen LogP contribution in [0.4, 0.5) is 0 Å². The number of aliphatic hydroxyl groups is 4. The summed E-state index contributed by atoms with van der Waals surface area (Å²) < 4.78 is 136. The van der Waals surface area contributed by atoms with Crippen molar-refractivity contribution in [1.29, 1.82) is 0 Å². The zero-order chi connectivity index (χ0) is 57.6. The Morgan fingerprint density at radius 3 is 0.899 bits per heavy atom. The van der Waals surface area contributed by atoms with Gasteiger partial charge in [0.1, 0.15) is 0 Å². The zero-order valence-corrected chi connectivity index (χ0v) is 56.0. The van der Waals surface area contributed by atoms with Gasteiger partial charge < -0.3 is 20.4 Å². The van der Waals surface area contributed by atoms with Crippen LogP contribution in [0.25, 0.3) is 0 Å². The summed E-state index contributed by atoms with van der Waals surface area (Å²) >= 11 is -8.24. The molecule has 5 atom stereocenters. The van der Waals surface area contributed by atoms with E-state index in [1.165, 1.54) is 0 Å². The van der Waals surface area contributed by atoms with Crippen LogP contribution in [-0.2, 0) is 104 Å². The Balaban J connectivity index is 4.40. The van der Waals surface area contributed by atoms with Gasteiger partial charge in [-0.3, -0.25) is 0 Å². The molecule has 0 heterocycles. The SMILES string of the molecule is CC(COCCO)COCOCC[O][Ge]([O]CCOCCOCC(C)OCCOCC[O][Ge]([O]CCOCCOC(C)COCCO)[O][Ge][O]CCOCCOC(C)COCCO)[O][Ge][O]CCOCCOC(C)COCCO. The molecule has 28 nitrogen and oxygen atoms in total. The summed E-state index contributed by atoms with van der Waals surface area (Å²) in [5.74, 6) is 0.163. The van der Waals surface area contributed by atoms with Gasteiger partial charge in [-0.05, 0) is 0 Å². The molecule has 0 spiro atoms. The van der Waals surface area contributed by atoms with E-state index >= 15 is 0 Å². The Hall–Kier alpha value is 1.05. The Morgan fingerprint density at radius 1 is 0.278 bits per heavy atom. The van der Waals surface area contributed by atoms with Crippen molar-refractivity contribution in [1.82, 2.24) is 0 Å². The number of ether oxygens (including phenoxy) is 16. The minimum absolute atomic E-state index is 0.0138. The first-order valence-corrected chi connectivity index (χ1v) is 35.5. The molecule has 0 aromatic carbocycles. The van der Waals surface area contributed by atoms with Crippen LogP contribution < -0.4 is 0 Å². The van der Waals surface area contributed by atoms with Crippen molar-refractivity contribution in [2.45, 2.75) is 59.0 Å². The van der Waals surface area contributed by atoms with Crippen molar-refractivity contribution in [2.75, 3.05) is 245 Å². The second kappa shape index (κ2) is 66.6. The maximum atomic E-state index is 8.85. The average Bonchev–Trinajstić information content (AvgIpc) is 3.43. The zero-order valence-electron chi connectivity index (χ0n) is 47.6. The van der Waals surface area contributed by atoms with E-state index in [1.54, 1.807) is 0 Å². The third-order valence-electron chi connectivity index (χ3n) is 9.03. The van der Waals surface area contributed by atoms with Gasteiger partial charge in [-0.1, -0.05) is 0 Å². The molecule has 0 aromatic rings. The van der Waals surface area contributed by atoms with E-state index in [2.05, 4.69) is 0 Å². The van der Waals surface area contributed by atoms with Crippen molar-refractivity contribution < 1.29 is 124 Å². The summed E-state index contributed by atoms with van der Waals surface area (Å²) in [6.07, 6.45) is -0.475. The molecule has 6 radical (unpaired) electrons. The number of rotatable bonds is 69. The number of hydrogen-bond acceptors (Lipinski definition) is 28. The summed E-state index contributed by atoms with van der Waals surface area (Å²) in [4.78, 5) is 0. The van der Waals surface area contributed by atoms with Crippen molar-refractivity contribution in [3.8, 4) is 0 Å². The van der Waals surface area contributed by atoms with Crippen LogP contribution in [0.15, 0.2) is 0 Å². The van der Waals surface area contributed by atoms with Gasteiger partial charge in [0.15, 0.2) is 0 Å².